The van der Waals surface area contributed by atoms with Crippen molar-refractivity contribution in [3.05, 3.63) is 35.9 Å². The summed E-state index contributed by atoms with van der Waals surface area (Å²) in [5.74, 6) is 2.66. The number of oxazole rings is 1. The fourth-order valence-corrected chi connectivity index (χ4v) is 2.44. The number of nitrogens with one attached hydrogen (secondary N) is 1. The van der Waals surface area contributed by atoms with Gasteiger partial charge >= 0.3 is 0 Å². The van der Waals surface area contributed by atoms with E-state index < -0.39 is 0 Å². The summed E-state index contributed by atoms with van der Waals surface area (Å²) < 4.78 is 11.3. The minimum Gasteiger partial charge on any atom is -0.493 e. The maximum Gasteiger partial charge on any atom is 0.194 e. The molecular formula is C16H20N2O2. The van der Waals surface area contributed by atoms with E-state index in [1.165, 1.54) is 5.56 Å². The Bertz CT molecular complexity index is 578. The highest BCUT2D eigenvalue weighted by Crippen LogP contribution is 2.30. The summed E-state index contributed by atoms with van der Waals surface area (Å²) in [4.78, 5) is 4.36. The van der Waals surface area contributed by atoms with Crippen LogP contribution in [0, 0.1) is 0 Å². The normalized spacial score (nSPS) is 13.2. The first kappa shape index (κ1) is 13.2. The molecule has 1 N–H and O–H groups in total. The quantitative estimate of drug-likeness (QED) is 0.821. The molecule has 0 spiro atoms. The summed E-state index contributed by atoms with van der Waals surface area (Å²) in [5, 5.41) is 3.30. The Labute approximate surface area is 119 Å². The van der Waals surface area contributed by atoms with Gasteiger partial charge < -0.3 is 14.5 Å². The first-order valence-electron chi connectivity index (χ1n) is 7.28. The van der Waals surface area contributed by atoms with Crippen LogP contribution in [-0.2, 0) is 12.8 Å². The van der Waals surface area contributed by atoms with Gasteiger partial charge in [0.25, 0.3) is 0 Å². The zero-order valence-electron chi connectivity index (χ0n) is 11.8. The number of aryl methyl sites for hydroxylation is 1. The van der Waals surface area contributed by atoms with Crippen molar-refractivity contribution < 1.29 is 9.15 Å². The standard InChI is InChI=1S/C16H20N2O2/c1-2-17-8-3-4-16-18-11-15(20-16)12-5-6-14-13(10-12)7-9-19-14/h5-6,10-11,17H,2-4,7-9H2,1H3. The molecule has 1 aliphatic heterocycles. The summed E-state index contributed by atoms with van der Waals surface area (Å²) in [6, 6.07) is 6.20. The minimum atomic E-state index is 0.783. The van der Waals surface area contributed by atoms with Crippen molar-refractivity contribution in [2.24, 2.45) is 0 Å². The summed E-state index contributed by atoms with van der Waals surface area (Å²) in [6.07, 6.45) is 4.72. The average molecular weight is 272 g/mol. The highest BCUT2D eigenvalue weighted by Gasteiger charge is 2.14. The number of fused-ring (bicyclic) bond motifs is 1. The van der Waals surface area contributed by atoms with E-state index in [2.05, 4.69) is 23.3 Å². The van der Waals surface area contributed by atoms with Gasteiger partial charge in [-0.25, -0.2) is 4.98 Å². The molecule has 0 fully saturated rings. The fraction of sp³-hybridized carbons (Fsp3) is 0.438. The van der Waals surface area contributed by atoms with Crippen LogP contribution < -0.4 is 10.1 Å². The van der Waals surface area contributed by atoms with E-state index in [1.807, 2.05) is 18.3 Å². The van der Waals surface area contributed by atoms with Crippen molar-refractivity contribution in [3.8, 4) is 17.1 Å². The molecule has 1 aromatic heterocycles. The van der Waals surface area contributed by atoms with Gasteiger partial charge in [0.15, 0.2) is 11.7 Å². The minimum absolute atomic E-state index is 0.783. The predicted octanol–water partition coefficient (Wildman–Crippen LogP) is 2.82. The topological polar surface area (TPSA) is 47.3 Å². The van der Waals surface area contributed by atoms with Gasteiger partial charge in [-0.3, -0.25) is 0 Å². The van der Waals surface area contributed by atoms with Crippen LogP contribution in [0.4, 0.5) is 0 Å². The lowest BCUT2D eigenvalue weighted by Crippen LogP contribution is -2.14. The van der Waals surface area contributed by atoms with E-state index in [1.54, 1.807) is 0 Å². The SMILES string of the molecule is CCNCCCc1ncc(-c2ccc3c(c2)CCO3)o1. The molecule has 0 aliphatic carbocycles. The van der Waals surface area contributed by atoms with Gasteiger partial charge in [0.05, 0.1) is 12.8 Å². The Morgan fingerprint density at radius 2 is 2.30 bits per heavy atom. The van der Waals surface area contributed by atoms with Crippen LogP contribution in [0.2, 0.25) is 0 Å². The van der Waals surface area contributed by atoms with E-state index in [4.69, 9.17) is 9.15 Å². The molecule has 4 nitrogen and oxygen atoms in total. The van der Waals surface area contributed by atoms with E-state index in [9.17, 15) is 0 Å². The van der Waals surface area contributed by atoms with E-state index in [0.29, 0.717) is 0 Å². The Kier molecular flexibility index (Phi) is 4.02. The third-order valence-electron chi connectivity index (χ3n) is 3.52. The summed E-state index contributed by atoms with van der Waals surface area (Å²) in [6.45, 7) is 4.91. The second kappa shape index (κ2) is 6.09. The smallest absolute Gasteiger partial charge is 0.194 e. The fourth-order valence-electron chi connectivity index (χ4n) is 2.44. The molecule has 20 heavy (non-hydrogen) atoms. The molecule has 1 aromatic carbocycles. The van der Waals surface area contributed by atoms with Gasteiger partial charge in [0.2, 0.25) is 0 Å². The second-order valence-corrected chi connectivity index (χ2v) is 5.00. The second-order valence-electron chi connectivity index (χ2n) is 5.00. The summed E-state index contributed by atoms with van der Waals surface area (Å²) in [5.41, 5.74) is 2.34. The Balaban J connectivity index is 1.67. The number of nitrogens with zero attached hydrogens (tertiary/aromatic N) is 1. The molecule has 3 rings (SSSR count). The maximum absolute atomic E-state index is 5.83. The van der Waals surface area contributed by atoms with Crippen molar-refractivity contribution in [1.82, 2.24) is 10.3 Å². The van der Waals surface area contributed by atoms with Crippen molar-refractivity contribution >= 4 is 0 Å². The molecule has 0 unspecified atom stereocenters. The number of rotatable bonds is 6. The zero-order valence-corrected chi connectivity index (χ0v) is 11.8. The lowest BCUT2D eigenvalue weighted by atomic mass is 10.1. The Hall–Kier alpha value is -1.81. The van der Waals surface area contributed by atoms with Crippen LogP contribution in [0.3, 0.4) is 0 Å². The predicted molar refractivity (Wildman–Crippen MR) is 78.0 cm³/mol. The lowest BCUT2D eigenvalue weighted by molar-refractivity contribution is 0.357. The molecule has 2 aromatic rings. The number of benzene rings is 1. The number of hydrogen-bond acceptors (Lipinski definition) is 4. The first-order valence-corrected chi connectivity index (χ1v) is 7.28. The van der Waals surface area contributed by atoms with E-state index in [-0.39, 0.29) is 0 Å². The molecule has 0 saturated carbocycles. The lowest BCUT2D eigenvalue weighted by Gasteiger charge is -2.01. The van der Waals surface area contributed by atoms with Gasteiger partial charge in [-0.15, -0.1) is 0 Å². The molecule has 0 amide bonds. The summed E-state index contributed by atoms with van der Waals surface area (Å²) >= 11 is 0. The highest BCUT2D eigenvalue weighted by atomic mass is 16.5. The monoisotopic (exact) mass is 272 g/mol. The molecular weight excluding hydrogens is 252 g/mol. The zero-order chi connectivity index (χ0) is 13.8. The molecule has 0 radical (unpaired) electrons. The van der Waals surface area contributed by atoms with Crippen LogP contribution in [0.1, 0.15) is 24.8 Å². The largest absolute Gasteiger partial charge is 0.493 e. The van der Waals surface area contributed by atoms with Gasteiger partial charge in [0, 0.05) is 18.4 Å². The number of ether oxygens (including phenoxy) is 1. The summed E-state index contributed by atoms with van der Waals surface area (Å²) in [7, 11) is 0. The van der Waals surface area contributed by atoms with Crippen molar-refractivity contribution in [2.75, 3.05) is 19.7 Å². The molecule has 106 valence electrons. The Morgan fingerprint density at radius 1 is 1.35 bits per heavy atom. The van der Waals surface area contributed by atoms with Gasteiger partial charge in [-0.2, -0.15) is 0 Å². The molecule has 0 bridgehead atoms. The molecule has 0 atom stereocenters. The molecule has 1 aliphatic rings. The van der Waals surface area contributed by atoms with Crippen molar-refractivity contribution in [1.29, 1.82) is 0 Å². The van der Waals surface area contributed by atoms with Gasteiger partial charge in [0.1, 0.15) is 5.75 Å². The Morgan fingerprint density at radius 3 is 3.20 bits per heavy atom. The van der Waals surface area contributed by atoms with Crippen LogP contribution in [-0.4, -0.2) is 24.7 Å². The van der Waals surface area contributed by atoms with Gasteiger partial charge in [-0.1, -0.05) is 6.92 Å². The van der Waals surface area contributed by atoms with Crippen molar-refractivity contribution in [3.63, 3.8) is 0 Å². The number of hydrogen-bond donors (Lipinski definition) is 1. The van der Waals surface area contributed by atoms with Crippen LogP contribution in [0.15, 0.2) is 28.8 Å². The third-order valence-corrected chi connectivity index (χ3v) is 3.52. The van der Waals surface area contributed by atoms with Gasteiger partial charge in [-0.05, 0) is 43.3 Å². The first-order chi connectivity index (χ1) is 9.86. The van der Waals surface area contributed by atoms with E-state index >= 15 is 0 Å². The van der Waals surface area contributed by atoms with Crippen LogP contribution >= 0.6 is 0 Å². The number of aromatic nitrogens is 1. The highest BCUT2D eigenvalue weighted by molar-refractivity contribution is 5.60. The molecule has 4 heteroatoms. The molecule has 2 heterocycles. The third kappa shape index (κ3) is 2.85. The van der Waals surface area contributed by atoms with Crippen molar-refractivity contribution in [2.45, 2.75) is 26.2 Å². The van der Waals surface area contributed by atoms with Crippen LogP contribution in [0.25, 0.3) is 11.3 Å². The average Bonchev–Trinajstić information content (AvgIpc) is 3.11. The van der Waals surface area contributed by atoms with E-state index in [0.717, 1.165) is 61.9 Å². The molecule has 0 saturated heterocycles. The maximum atomic E-state index is 5.83. The van der Waals surface area contributed by atoms with Crippen LogP contribution in [0.5, 0.6) is 5.75 Å².